The largest absolute Gasteiger partial charge is 0.477 e. The zero-order valence-corrected chi connectivity index (χ0v) is 10.3. The highest BCUT2D eigenvalue weighted by molar-refractivity contribution is 7.99. The van der Waals surface area contributed by atoms with E-state index in [0.717, 1.165) is 18.7 Å². The second-order valence-corrected chi connectivity index (χ2v) is 4.77. The van der Waals surface area contributed by atoms with Gasteiger partial charge in [-0.05, 0) is 24.8 Å². The van der Waals surface area contributed by atoms with Crippen LogP contribution in [0.2, 0.25) is 0 Å². The van der Waals surface area contributed by atoms with Crippen molar-refractivity contribution >= 4 is 23.4 Å². The Morgan fingerprint density at radius 3 is 3.06 bits per heavy atom. The summed E-state index contributed by atoms with van der Waals surface area (Å²) in [6.07, 6.45) is 4.63. The predicted octanol–water partition coefficient (Wildman–Crippen LogP) is 2.33. The molecule has 0 radical (unpaired) electrons. The molecular weight excluding hydrogens is 224 g/mol. The van der Waals surface area contributed by atoms with Gasteiger partial charge < -0.3 is 10.4 Å². The van der Waals surface area contributed by atoms with E-state index in [1.165, 1.54) is 6.20 Å². The van der Waals surface area contributed by atoms with Crippen molar-refractivity contribution in [3.63, 3.8) is 0 Å². The summed E-state index contributed by atoms with van der Waals surface area (Å²) in [4.78, 5) is 14.4. The summed E-state index contributed by atoms with van der Waals surface area (Å²) < 4.78 is 0. The van der Waals surface area contributed by atoms with Crippen molar-refractivity contribution in [2.45, 2.75) is 18.6 Å². The van der Waals surface area contributed by atoms with Crippen molar-refractivity contribution < 1.29 is 9.90 Å². The summed E-state index contributed by atoms with van der Waals surface area (Å²) in [6.45, 7) is 3.01. The lowest BCUT2D eigenvalue weighted by molar-refractivity contribution is 0.0690. The number of aromatic nitrogens is 1. The van der Waals surface area contributed by atoms with Crippen LogP contribution in [0.4, 0.5) is 5.69 Å². The fourth-order valence-electron chi connectivity index (χ4n) is 1.20. The van der Waals surface area contributed by atoms with Gasteiger partial charge in [0.1, 0.15) is 5.69 Å². The van der Waals surface area contributed by atoms with E-state index in [4.69, 9.17) is 5.11 Å². The summed E-state index contributed by atoms with van der Waals surface area (Å²) in [7, 11) is 0. The molecule has 5 heteroatoms. The van der Waals surface area contributed by atoms with Gasteiger partial charge in [-0.1, -0.05) is 6.92 Å². The number of rotatable bonds is 6. The maximum Gasteiger partial charge on any atom is 0.354 e. The number of nitrogens with one attached hydrogen (secondary N) is 1. The highest BCUT2D eigenvalue weighted by Crippen LogP contribution is 2.11. The number of anilines is 1. The first kappa shape index (κ1) is 12.8. The van der Waals surface area contributed by atoms with Crippen LogP contribution in [0.1, 0.15) is 23.8 Å². The molecule has 0 aliphatic carbocycles. The molecule has 0 saturated carbocycles. The molecule has 0 amide bonds. The lowest BCUT2D eigenvalue weighted by Crippen LogP contribution is -2.09. The lowest BCUT2D eigenvalue weighted by Gasteiger charge is -2.10. The van der Waals surface area contributed by atoms with E-state index in [1.54, 1.807) is 12.1 Å². The molecule has 1 unspecified atom stereocenters. The zero-order chi connectivity index (χ0) is 12.0. The van der Waals surface area contributed by atoms with Crippen LogP contribution in [-0.4, -0.2) is 34.1 Å². The number of thioether (sulfide) groups is 1. The molecule has 16 heavy (non-hydrogen) atoms. The van der Waals surface area contributed by atoms with Crippen LogP contribution in [-0.2, 0) is 0 Å². The Morgan fingerprint density at radius 1 is 1.69 bits per heavy atom. The SMILES string of the molecule is CSC(C)CCNc1ccnc(C(=O)O)c1. The first-order valence-electron chi connectivity index (χ1n) is 5.09. The average molecular weight is 240 g/mol. The van der Waals surface area contributed by atoms with Crippen LogP contribution in [0.15, 0.2) is 18.3 Å². The van der Waals surface area contributed by atoms with Crippen LogP contribution >= 0.6 is 11.8 Å². The summed E-state index contributed by atoms with van der Waals surface area (Å²) >= 11 is 1.82. The van der Waals surface area contributed by atoms with Gasteiger partial charge in [-0.3, -0.25) is 0 Å². The molecule has 1 heterocycles. The van der Waals surface area contributed by atoms with Crippen molar-refractivity contribution in [1.29, 1.82) is 0 Å². The fourth-order valence-corrected chi connectivity index (χ4v) is 1.55. The maximum absolute atomic E-state index is 10.7. The molecule has 1 aromatic heterocycles. The molecule has 4 nitrogen and oxygen atoms in total. The third-order valence-corrected chi connectivity index (χ3v) is 3.30. The summed E-state index contributed by atoms with van der Waals surface area (Å²) in [6, 6.07) is 3.32. The van der Waals surface area contributed by atoms with Gasteiger partial charge in [-0.2, -0.15) is 11.8 Å². The third kappa shape index (κ3) is 4.10. The van der Waals surface area contributed by atoms with Gasteiger partial charge in [-0.15, -0.1) is 0 Å². The third-order valence-electron chi connectivity index (χ3n) is 2.26. The highest BCUT2D eigenvalue weighted by Gasteiger charge is 2.04. The van der Waals surface area contributed by atoms with Crippen LogP contribution < -0.4 is 5.32 Å². The molecule has 2 N–H and O–H groups in total. The standard InChI is InChI=1S/C11H16N2O2S/c1-8(16-2)3-5-12-9-4-6-13-10(7-9)11(14)15/h4,6-8H,3,5H2,1-2H3,(H,12,13)(H,14,15). The van der Waals surface area contributed by atoms with Crippen molar-refractivity contribution in [2.24, 2.45) is 0 Å². The summed E-state index contributed by atoms with van der Waals surface area (Å²) in [5, 5.41) is 12.6. The Bertz CT molecular complexity index is 358. The molecular formula is C11H16N2O2S. The molecule has 0 fully saturated rings. The van der Waals surface area contributed by atoms with E-state index in [-0.39, 0.29) is 5.69 Å². The Hall–Kier alpha value is -1.23. The number of nitrogens with zero attached hydrogens (tertiary/aromatic N) is 1. The van der Waals surface area contributed by atoms with Gasteiger partial charge >= 0.3 is 5.97 Å². The minimum Gasteiger partial charge on any atom is -0.477 e. The number of carbonyl (C=O) groups is 1. The van der Waals surface area contributed by atoms with Crippen molar-refractivity contribution in [1.82, 2.24) is 4.98 Å². The molecule has 88 valence electrons. The minimum atomic E-state index is -0.999. The molecule has 0 saturated heterocycles. The number of hydrogen-bond acceptors (Lipinski definition) is 4. The molecule has 0 aromatic carbocycles. The van der Waals surface area contributed by atoms with Crippen molar-refractivity contribution in [3.05, 3.63) is 24.0 Å². The summed E-state index contributed by atoms with van der Waals surface area (Å²) in [5.74, 6) is -0.999. The van der Waals surface area contributed by atoms with Crippen LogP contribution in [0.3, 0.4) is 0 Å². The van der Waals surface area contributed by atoms with E-state index >= 15 is 0 Å². The quantitative estimate of drug-likeness (QED) is 0.799. The van der Waals surface area contributed by atoms with E-state index in [0.29, 0.717) is 5.25 Å². The number of carboxylic acid groups (broad SMARTS) is 1. The van der Waals surface area contributed by atoms with Crippen LogP contribution in [0.5, 0.6) is 0 Å². The monoisotopic (exact) mass is 240 g/mol. The maximum atomic E-state index is 10.7. The Kier molecular flexibility index (Phi) is 5.11. The van der Waals surface area contributed by atoms with E-state index in [2.05, 4.69) is 23.5 Å². The van der Waals surface area contributed by atoms with Gasteiger partial charge in [-0.25, -0.2) is 9.78 Å². The van der Waals surface area contributed by atoms with Crippen molar-refractivity contribution in [2.75, 3.05) is 18.1 Å². The Labute approximate surface area is 99.5 Å². The fraction of sp³-hybridized carbons (Fsp3) is 0.455. The molecule has 1 aromatic rings. The van der Waals surface area contributed by atoms with Crippen LogP contribution in [0, 0.1) is 0 Å². The highest BCUT2D eigenvalue weighted by atomic mass is 32.2. The zero-order valence-electron chi connectivity index (χ0n) is 9.43. The van der Waals surface area contributed by atoms with Gasteiger partial charge in [0.2, 0.25) is 0 Å². The normalized spacial score (nSPS) is 12.1. The first-order chi connectivity index (χ1) is 7.63. The first-order valence-corrected chi connectivity index (χ1v) is 6.38. The lowest BCUT2D eigenvalue weighted by atomic mass is 10.3. The van der Waals surface area contributed by atoms with Gasteiger partial charge in [0, 0.05) is 23.7 Å². The topological polar surface area (TPSA) is 62.2 Å². The molecule has 0 aliphatic heterocycles. The second-order valence-electron chi connectivity index (χ2n) is 3.50. The number of pyridine rings is 1. The Morgan fingerprint density at radius 2 is 2.44 bits per heavy atom. The summed E-state index contributed by atoms with van der Waals surface area (Å²) in [5.41, 5.74) is 0.878. The molecule has 0 bridgehead atoms. The van der Waals surface area contributed by atoms with E-state index in [1.807, 2.05) is 11.8 Å². The van der Waals surface area contributed by atoms with Gasteiger partial charge in [0.15, 0.2) is 0 Å². The molecule has 0 spiro atoms. The van der Waals surface area contributed by atoms with E-state index in [9.17, 15) is 4.79 Å². The van der Waals surface area contributed by atoms with E-state index < -0.39 is 5.97 Å². The predicted molar refractivity (Wildman–Crippen MR) is 67.3 cm³/mol. The van der Waals surface area contributed by atoms with Crippen molar-refractivity contribution in [3.8, 4) is 0 Å². The number of aromatic carboxylic acids is 1. The number of hydrogen-bond donors (Lipinski definition) is 2. The van der Waals surface area contributed by atoms with Gasteiger partial charge in [0.25, 0.3) is 0 Å². The van der Waals surface area contributed by atoms with Gasteiger partial charge in [0.05, 0.1) is 0 Å². The average Bonchev–Trinajstić information content (AvgIpc) is 2.29. The minimum absolute atomic E-state index is 0.0721. The van der Waals surface area contributed by atoms with Crippen LogP contribution in [0.25, 0.3) is 0 Å². The molecule has 0 aliphatic rings. The Balaban J connectivity index is 2.48. The smallest absolute Gasteiger partial charge is 0.354 e. The number of carboxylic acids is 1. The second kappa shape index (κ2) is 6.37. The molecule has 1 rings (SSSR count). The molecule has 1 atom stereocenters.